The second-order valence-corrected chi connectivity index (χ2v) is 6.12. The molecule has 0 saturated carbocycles. The number of nitrogens with one attached hydrogen (secondary N) is 1. The molecule has 0 bridgehead atoms. The summed E-state index contributed by atoms with van der Waals surface area (Å²) >= 11 is 5.65. The molecule has 0 aliphatic heterocycles. The minimum atomic E-state index is -4.72. The molecule has 0 heterocycles. The SMILES string of the molecule is CC(=O)N(CC(=O)Nc1cccc(C)c1)c1ccc(Cl)cc1C(F)(F)F. The molecular formula is C18H16ClF3N2O2. The molecule has 2 rings (SSSR count). The molecule has 0 aliphatic carbocycles. The lowest BCUT2D eigenvalue weighted by atomic mass is 10.1. The van der Waals surface area contributed by atoms with E-state index in [1.54, 1.807) is 18.2 Å². The number of rotatable bonds is 4. The second kappa shape index (κ2) is 7.78. The van der Waals surface area contributed by atoms with Crippen LogP contribution in [0.1, 0.15) is 18.1 Å². The first kappa shape index (κ1) is 19.8. The standard InChI is InChI=1S/C18H16ClF3N2O2/c1-11-4-3-5-14(8-11)23-17(26)10-24(12(2)25)16-7-6-13(19)9-15(16)18(20,21)22/h3-9H,10H2,1-2H3,(H,23,26). The maximum absolute atomic E-state index is 13.3. The molecule has 0 spiro atoms. The minimum absolute atomic E-state index is 0.117. The highest BCUT2D eigenvalue weighted by molar-refractivity contribution is 6.30. The van der Waals surface area contributed by atoms with Gasteiger partial charge in [0.25, 0.3) is 0 Å². The maximum atomic E-state index is 13.3. The molecule has 0 aliphatic rings. The van der Waals surface area contributed by atoms with Crippen LogP contribution >= 0.6 is 11.6 Å². The van der Waals surface area contributed by atoms with Crippen LogP contribution in [0.4, 0.5) is 24.5 Å². The molecule has 26 heavy (non-hydrogen) atoms. The highest BCUT2D eigenvalue weighted by atomic mass is 35.5. The van der Waals surface area contributed by atoms with E-state index in [4.69, 9.17) is 11.6 Å². The summed E-state index contributed by atoms with van der Waals surface area (Å²) < 4.78 is 39.9. The van der Waals surface area contributed by atoms with E-state index in [0.717, 1.165) is 29.5 Å². The van der Waals surface area contributed by atoms with E-state index in [1.807, 2.05) is 13.0 Å². The number of carbonyl (C=O) groups is 2. The van der Waals surface area contributed by atoms with Crippen molar-refractivity contribution < 1.29 is 22.8 Å². The molecule has 2 amide bonds. The van der Waals surface area contributed by atoms with E-state index in [2.05, 4.69) is 5.32 Å². The van der Waals surface area contributed by atoms with E-state index >= 15 is 0 Å². The second-order valence-electron chi connectivity index (χ2n) is 5.68. The monoisotopic (exact) mass is 384 g/mol. The first-order valence-electron chi connectivity index (χ1n) is 7.59. The Morgan fingerprint density at radius 3 is 2.42 bits per heavy atom. The minimum Gasteiger partial charge on any atom is -0.325 e. The number of amides is 2. The average Bonchev–Trinajstić information content (AvgIpc) is 2.52. The third kappa shape index (κ3) is 4.98. The molecule has 0 unspecified atom stereocenters. The molecule has 0 atom stereocenters. The highest BCUT2D eigenvalue weighted by Crippen LogP contribution is 2.38. The van der Waals surface area contributed by atoms with Crippen LogP contribution in [0.2, 0.25) is 5.02 Å². The van der Waals surface area contributed by atoms with Crippen molar-refractivity contribution in [3.05, 3.63) is 58.6 Å². The van der Waals surface area contributed by atoms with Gasteiger partial charge in [0.1, 0.15) is 6.54 Å². The van der Waals surface area contributed by atoms with Crippen LogP contribution in [0.15, 0.2) is 42.5 Å². The third-order valence-electron chi connectivity index (χ3n) is 3.54. The van der Waals surface area contributed by atoms with Gasteiger partial charge in [0, 0.05) is 17.6 Å². The van der Waals surface area contributed by atoms with Crippen molar-refractivity contribution >= 4 is 34.8 Å². The van der Waals surface area contributed by atoms with Crippen LogP contribution in [0.5, 0.6) is 0 Å². The summed E-state index contributed by atoms with van der Waals surface area (Å²) in [4.78, 5) is 24.9. The summed E-state index contributed by atoms with van der Waals surface area (Å²) in [7, 11) is 0. The lowest BCUT2D eigenvalue weighted by Crippen LogP contribution is -2.37. The van der Waals surface area contributed by atoms with Gasteiger partial charge in [-0.2, -0.15) is 13.2 Å². The van der Waals surface area contributed by atoms with Crippen molar-refractivity contribution in [1.29, 1.82) is 0 Å². The van der Waals surface area contributed by atoms with Gasteiger partial charge < -0.3 is 10.2 Å². The molecule has 138 valence electrons. The number of nitrogens with zero attached hydrogens (tertiary/aromatic N) is 1. The van der Waals surface area contributed by atoms with Gasteiger partial charge in [-0.15, -0.1) is 0 Å². The summed E-state index contributed by atoms with van der Waals surface area (Å²) in [5.41, 5.74) is -0.105. The Hall–Kier alpha value is -2.54. The fraction of sp³-hybridized carbons (Fsp3) is 0.222. The van der Waals surface area contributed by atoms with Crippen LogP contribution < -0.4 is 10.2 Å². The predicted molar refractivity (Wildman–Crippen MR) is 94.3 cm³/mol. The Balaban J connectivity index is 2.30. The summed E-state index contributed by atoms with van der Waals surface area (Å²) in [5, 5.41) is 2.45. The van der Waals surface area contributed by atoms with Gasteiger partial charge >= 0.3 is 6.18 Å². The first-order chi connectivity index (χ1) is 12.1. The van der Waals surface area contributed by atoms with Gasteiger partial charge in [0.2, 0.25) is 11.8 Å². The van der Waals surface area contributed by atoms with Crippen molar-refractivity contribution in [1.82, 2.24) is 0 Å². The molecule has 4 nitrogen and oxygen atoms in total. The molecular weight excluding hydrogens is 369 g/mol. The topological polar surface area (TPSA) is 49.4 Å². The largest absolute Gasteiger partial charge is 0.418 e. The van der Waals surface area contributed by atoms with Crippen LogP contribution in [-0.2, 0) is 15.8 Å². The van der Waals surface area contributed by atoms with Gasteiger partial charge in [0.05, 0.1) is 11.3 Å². The third-order valence-corrected chi connectivity index (χ3v) is 3.77. The zero-order valence-electron chi connectivity index (χ0n) is 14.0. The molecule has 8 heteroatoms. The fourth-order valence-electron chi connectivity index (χ4n) is 2.40. The lowest BCUT2D eigenvalue weighted by molar-refractivity contribution is -0.137. The molecule has 0 fully saturated rings. The number of carbonyl (C=O) groups excluding carboxylic acids is 2. The number of benzene rings is 2. The summed E-state index contributed by atoms with van der Waals surface area (Å²) in [6.45, 7) is 2.36. The number of hydrogen-bond donors (Lipinski definition) is 1. The number of anilines is 2. The quantitative estimate of drug-likeness (QED) is 0.833. The van der Waals surface area contributed by atoms with E-state index in [0.29, 0.717) is 5.69 Å². The van der Waals surface area contributed by atoms with Crippen LogP contribution in [0.25, 0.3) is 0 Å². The van der Waals surface area contributed by atoms with Gasteiger partial charge in [-0.1, -0.05) is 23.7 Å². The van der Waals surface area contributed by atoms with Crippen molar-refractivity contribution in [2.75, 3.05) is 16.8 Å². The molecule has 2 aromatic rings. The van der Waals surface area contributed by atoms with E-state index in [1.165, 1.54) is 6.07 Å². The van der Waals surface area contributed by atoms with Gasteiger partial charge in [-0.25, -0.2) is 0 Å². The van der Waals surface area contributed by atoms with Crippen molar-refractivity contribution in [2.24, 2.45) is 0 Å². The number of halogens is 4. The van der Waals surface area contributed by atoms with E-state index in [9.17, 15) is 22.8 Å². The predicted octanol–water partition coefficient (Wildman–Crippen LogP) is 4.66. The molecule has 0 radical (unpaired) electrons. The highest BCUT2D eigenvalue weighted by Gasteiger charge is 2.36. The zero-order chi connectivity index (χ0) is 19.5. The summed E-state index contributed by atoms with van der Waals surface area (Å²) in [5.74, 6) is -1.31. The molecule has 2 aromatic carbocycles. The first-order valence-corrected chi connectivity index (χ1v) is 7.97. The van der Waals surface area contributed by atoms with E-state index < -0.39 is 35.8 Å². The normalized spacial score (nSPS) is 11.2. The van der Waals surface area contributed by atoms with Gasteiger partial charge in [0.15, 0.2) is 0 Å². The smallest absolute Gasteiger partial charge is 0.325 e. The number of aryl methyl sites for hydroxylation is 1. The van der Waals surface area contributed by atoms with Crippen LogP contribution in [0.3, 0.4) is 0 Å². The Labute approximate surface area is 153 Å². The molecule has 1 N–H and O–H groups in total. The summed E-state index contributed by atoms with van der Waals surface area (Å²) in [6, 6.07) is 9.96. The van der Waals surface area contributed by atoms with E-state index in [-0.39, 0.29) is 5.02 Å². The Kier molecular flexibility index (Phi) is 5.92. The number of alkyl halides is 3. The molecule has 0 saturated heterocycles. The summed E-state index contributed by atoms with van der Waals surface area (Å²) in [6.07, 6.45) is -4.72. The van der Waals surface area contributed by atoms with Crippen molar-refractivity contribution in [2.45, 2.75) is 20.0 Å². The average molecular weight is 385 g/mol. The Morgan fingerprint density at radius 1 is 1.15 bits per heavy atom. The zero-order valence-corrected chi connectivity index (χ0v) is 14.8. The van der Waals surface area contributed by atoms with Gasteiger partial charge in [-0.3, -0.25) is 9.59 Å². The Morgan fingerprint density at radius 2 is 1.85 bits per heavy atom. The van der Waals surface area contributed by atoms with Crippen LogP contribution in [-0.4, -0.2) is 18.4 Å². The molecule has 0 aromatic heterocycles. The maximum Gasteiger partial charge on any atom is 0.418 e. The fourth-order valence-corrected chi connectivity index (χ4v) is 2.58. The number of hydrogen-bond acceptors (Lipinski definition) is 2. The van der Waals surface area contributed by atoms with Crippen molar-refractivity contribution in [3.8, 4) is 0 Å². The Bertz CT molecular complexity index is 837. The van der Waals surface area contributed by atoms with Crippen molar-refractivity contribution in [3.63, 3.8) is 0 Å². The lowest BCUT2D eigenvalue weighted by Gasteiger charge is -2.24. The van der Waals surface area contributed by atoms with Gasteiger partial charge in [-0.05, 0) is 42.8 Å². The van der Waals surface area contributed by atoms with Crippen LogP contribution in [0, 0.1) is 6.92 Å².